The summed E-state index contributed by atoms with van der Waals surface area (Å²) >= 11 is 0. The van der Waals surface area contributed by atoms with Gasteiger partial charge in [0.2, 0.25) is 0 Å². The van der Waals surface area contributed by atoms with Crippen molar-refractivity contribution in [2.45, 2.75) is 0 Å². The Kier molecular flexibility index (Phi) is 4.39. The summed E-state index contributed by atoms with van der Waals surface area (Å²) in [7, 11) is 1.73. The fourth-order valence-corrected chi connectivity index (χ4v) is 1.61. The number of benzene rings is 1. The summed E-state index contributed by atoms with van der Waals surface area (Å²) in [6.45, 7) is -0.0870. The summed E-state index contributed by atoms with van der Waals surface area (Å²) in [4.78, 5) is 12.1. The molecule has 2 rings (SSSR count). The number of para-hydroxylation sites is 2. The largest absolute Gasteiger partial charge is 0.483 e. The second-order valence-electron chi connectivity index (χ2n) is 4.23. The van der Waals surface area contributed by atoms with Gasteiger partial charge in [0.05, 0.1) is 17.4 Å². The van der Waals surface area contributed by atoms with E-state index in [1.807, 2.05) is 0 Å². The van der Waals surface area contributed by atoms with Crippen molar-refractivity contribution in [2.24, 2.45) is 17.9 Å². The molecular formula is C13H15N5O3. The lowest BCUT2D eigenvalue weighted by Crippen LogP contribution is -2.21. The molecule has 0 aliphatic rings. The molecule has 1 aromatic carbocycles. The van der Waals surface area contributed by atoms with Crippen LogP contribution in [0.15, 0.2) is 41.8 Å². The van der Waals surface area contributed by atoms with Gasteiger partial charge in [-0.2, -0.15) is 5.10 Å². The molecule has 1 aromatic heterocycles. The highest BCUT2D eigenvalue weighted by atomic mass is 16.5. The van der Waals surface area contributed by atoms with Crippen molar-refractivity contribution in [1.82, 2.24) is 9.78 Å². The molecule has 0 spiro atoms. The standard InChI is InChI=1S/C13H15N5O3/c1-18-7-9(6-15-18)13(19)16-10-4-2-3-5-11(10)21-8-12(14)17-20/h2-7,20H,8H2,1H3,(H2,14,17)(H,16,19). The van der Waals surface area contributed by atoms with E-state index in [4.69, 9.17) is 15.7 Å². The van der Waals surface area contributed by atoms with E-state index in [1.165, 1.54) is 10.9 Å². The maximum atomic E-state index is 12.1. The Labute approximate surface area is 120 Å². The first-order chi connectivity index (χ1) is 10.1. The SMILES string of the molecule is Cn1cc(C(=O)Nc2ccccc2OC/C(N)=N/O)cn1. The quantitative estimate of drug-likeness (QED) is 0.326. The van der Waals surface area contributed by atoms with Gasteiger partial charge < -0.3 is 21.0 Å². The van der Waals surface area contributed by atoms with Gasteiger partial charge in [-0.3, -0.25) is 9.48 Å². The predicted molar refractivity (Wildman–Crippen MR) is 76.5 cm³/mol. The van der Waals surface area contributed by atoms with Crippen molar-refractivity contribution < 1.29 is 14.7 Å². The lowest BCUT2D eigenvalue weighted by molar-refractivity contribution is 0.102. The Hall–Kier alpha value is -3.03. The highest BCUT2D eigenvalue weighted by Crippen LogP contribution is 2.24. The number of anilines is 1. The summed E-state index contributed by atoms with van der Waals surface area (Å²) in [5, 5.41) is 18.0. The number of oxime groups is 1. The molecule has 0 saturated heterocycles. The summed E-state index contributed by atoms with van der Waals surface area (Å²) in [6.07, 6.45) is 3.07. The smallest absolute Gasteiger partial charge is 0.258 e. The van der Waals surface area contributed by atoms with Gasteiger partial charge in [0, 0.05) is 13.2 Å². The number of nitrogens with zero attached hydrogens (tertiary/aromatic N) is 3. The molecule has 2 aromatic rings. The Morgan fingerprint density at radius 2 is 2.29 bits per heavy atom. The van der Waals surface area contributed by atoms with Crippen molar-refractivity contribution in [3.63, 3.8) is 0 Å². The zero-order chi connectivity index (χ0) is 15.2. The van der Waals surface area contributed by atoms with Crippen LogP contribution in [0.25, 0.3) is 0 Å². The third-order valence-corrected chi connectivity index (χ3v) is 2.61. The van der Waals surface area contributed by atoms with E-state index in [0.29, 0.717) is 17.0 Å². The monoisotopic (exact) mass is 289 g/mol. The van der Waals surface area contributed by atoms with Crippen LogP contribution in [0.1, 0.15) is 10.4 Å². The molecule has 1 amide bonds. The summed E-state index contributed by atoms with van der Waals surface area (Å²) in [5.74, 6) is 0.0488. The molecule has 0 radical (unpaired) electrons. The third-order valence-electron chi connectivity index (χ3n) is 2.61. The first-order valence-corrected chi connectivity index (χ1v) is 6.08. The van der Waals surface area contributed by atoms with Crippen molar-refractivity contribution >= 4 is 17.4 Å². The fraction of sp³-hybridized carbons (Fsp3) is 0.154. The highest BCUT2D eigenvalue weighted by Gasteiger charge is 2.11. The number of carbonyl (C=O) groups excluding carboxylic acids is 1. The van der Waals surface area contributed by atoms with Gasteiger partial charge in [0.1, 0.15) is 12.4 Å². The Morgan fingerprint density at radius 3 is 2.95 bits per heavy atom. The lowest BCUT2D eigenvalue weighted by Gasteiger charge is -2.11. The van der Waals surface area contributed by atoms with E-state index in [-0.39, 0.29) is 18.3 Å². The minimum atomic E-state index is -0.303. The van der Waals surface area contributed by atoms with Crippen molar-refractivity contribution in [1.29, 1.82) is 0 Å². The number of carbonyl (C=O) groups is 1. The number of rotatable bonds is 5. The molecule has 21 heavy (non-hydrogen) atoms. The molecule has 1 heterocycles. The topological polar surface area (TPSA) is 115 Å². The minimum absolute atomic E-state index is 0.0663. The maximum Gasteiger partial charge on any atom is 0.258 e. The molecule has 0 aliphatic heterocycles. The summed E-state index contributed by atoms with van der Waals surface area (Å²) in [6, 6.07) is 6.87. The first-order valence-electron chi connectivity index (χ1n) is 6.08. The third kappa shape index (κ3) is 3.72. The molecule has 0 saturated carbocycles. The van der Waals surface area contributed by atoms with Crippen LogP contribution in [0.5, 0.6) is 5.75 Å². The van der Waals surface area contributed by atoms with Gasteiger partial charge in [0.25, 0.3) is 5.91 Å². The molecule has 0 bridgehead atoms. The maximum absolute atomic E-state index is 12.1. The molecule has 0 aliphatic carbocycles. The second kappa shape index (κ2) is 6.42. The van der Waals surface area contributed by atoms with Crippen LogP contribution in [0, 0.1) is 0 Å². The number of amidine groups is 1. The molecular weight excluding hydrogens is 274 g/mol. The predicted octanol–water partition coefficient (Wildman–Crippen LogP) is 0.798. The van der Waals surface area contributed by atoms with Gasteiger partial charge in [-0.15, -0.1) is 0 Å². The normalized spacial score (nSPS) is 11.2. The zero-order valence-corrected chi connectivity index (χ0v) is 11.4. The van der Waals surface area contributed by atoms with Crippen LogP contribution < -0.4 is 15.8 Å². The van der Waals surface area contributed by atoms with Crippen LogP contribution >= 0.6 is 0 Å². The number of aryl methyl sites for hydroxylation is 1. The number of nitrogens with two attached hydrogens (primary N) is 1. The van der Waals surface area contributed by atoms with E-state index in [9.17, 15) is 4.79 Å². The number of ether oxygens (including phenoxy) is 1. The second-order valence-corrected chi connectivity index (χ2v) is 4.23. The molecule has 8 nitrogen and oxygen atoms in total. The van der Waals surface area contributed by atoms with E-state index >= 15 is 0 Å². The van der Waals surface area contributed by atoms with E-state index < -0.39 is 0 Å². The molecule has 0 atom stereocenters. The number of nitrogens with one attached hydrogen (secondary N) is 1. The average molecular weight is 289 g/mol. The average Bonchev–Trinajstić information content (AvgIpc) is 2.92. The van der Waals surface area contributed by atoms with E-state index in [2.05, 4.69) is 15.6 Å². The van der Waals surface area contributed by atoms with Gasteiger partial charge in [-0.1, -0.05) is 17.3 Å². The van der Waals surface area contributed by atoms with Crippen LogP contribution in [0.3, 0.4) is 0 Å². The zero-order valence-electron chi connectivity index (χ0n) is 11.4. The first kappa shape index (κ1) is 14.4. The molecule has 8 heteroatoms. The van der Waals surface area contributed by atoms with Gasteiger partial charge in [-0.05, 0) is 12.1 Å². The number of hydrogen-bond donors (Lipinski definition) is 3. The molecule has 4 N–H and O–H groups in total. The summed E-state index contributed by atoms with van der Waals surface area (Å²) < 4.78 is 6.92. The van der Waals surface area contributed by atoms with Crippen LogP contribution in [-0.4, -0.2) is 33.3 Å². The van der Waals surface area contributed by atoms with Gasteiger partial charge >= 0.3 is 0 Å². The Balaban J connectivity index is 2.11. The molecule has 110 valence electrons. The van der Waals surface area contributed by atoms with Gasteiger partial charge in [0.15, 0.2) is 5.84 Å². The molecule has 0 fully saturated rings. The molecule has 0 unspecified atom stereocenters. The Morgan fingerprint density at radius 1 is 1.52 bits per heavy atom. The van der Waals surface area contributed by atoms with Crippen molar-refractivity contribution in [2.75, 3.05) is 11.9 Å². The van der Waals surface area contributed by atoms with Crippen molar-refractivity contribution in [3.05, 3.63) is 42.2 Å². The fourth-order valence-electron chi connectivity index (χ4n) is 1.61. The minimum Gasteiger partial charge on any atom is -0.483 e. The highest BCUT2D eigenvalue weighted by molar-refractivity contribution is 6.04. The number of amides is 1. The Bertz CT molecular complexity index is 665. The van der Waals surface area contributed by atoms with Gasteiger partial charge in [-0.25, -0.2) is 0 Å². The van der Waals surface area contributed by atoms with Crippen molar-refractivity contribution in [3.8, 4) is 5.75 Å². The van der Waals surface area contributed by atoms with E-state index in [1.54, 1.807) is 37.5 Å². The van der Waals surface area contributed by atoms with Crippen LogP contribution in [0.4, 0.5) is 5.69 Å². The van der Waals surface area contributed by atoms with Crippen LogP contribution in [0.2, 0.25) is 0 Å². The number of aromatic nitrogens is 2. The van der Waals surface area contributed by atoms with Crippen LogP contribution in [-0.2, 0) is 7.05 Å². The summed E-state index contributed by atoms with van der Waals surface area (Å²) in [5.41, 5.74) is 6.26. The van der Waals surface area contributed by atoms with E-state index in [0.717, 1.165) is 0 Å². The number of hydrogen-bond acceptors (Lipinski definition) is 5. The lowest BCUT2D eigenvalue weighted by atomic mass is 10.2.